The van der Waals surface area contributed by atoms with E-state index in [4.69, 9.17) is 0 Å². The van der Waals surface area contributed by atoms with Gasteiger partial charge in [-0.05, 0) is 50.8 Å². The fourth-order valence-electron chi connectivity index (χ4n) is 2.64. The van der Waals surface area contributed by atoms with Crippen molar-refractivity contribution < 1.29 is 0 Å². The van der Waals surface area contributed by atoms with Gasteiger partial charge in [-0.1, -0.05) is 13.8 Å². The molecule has 4 nitrogen and oxygen atoms in total. The number of anilines is 1. The molecule has 106 valence electrons. The molecule has 1 unspecified atom stereocenters. The second-order valence-corrected chi connectivity index (χ2v) is 5.97. The van der Waals surface area contributed by atoms with Gasteiger partial charge in [-0.2, -0.15) is 0 Å². The van der Waals surface area contributed by atoms with Crippen molar-refractivity contribution in [3.63, 3.8) is 0 Å². The standard InChI is InChI=1S/C15H26N4/c1-12(2)9-16-10-14-5-4-8-19(11-14)15-6-7-17-13(3)18-15/h6-7,12,14,16H,4-5,8-11H2,1-3H3. The molecule has 0 spiro atoms. The Morgan fingerprint density at radius 3 is 3.05 bits per heavy atom. The summed E-state index contributed by atoms with van der Waals surface area (Å²) in [5.41, 5.74) is 0. The van der Waals surface area contributed by atoms with Gasteiger partial charge in [-0.15, -0.1) is 0 Å². The number of aryl methyl sites for hydroxylation is 1. The minimum absolute atomic E-state index is 0.726. The highest BCUT2D eigenvalue weighted by Crippen LogP contribution is 2.20. The third-order valence-corrected chi connectivity index (χ3v) is 3.59. The Morgan fingerprint density at radius 1 is 1.47 bits per heavy atom. The molecule has 0 saturated carbocycles. The first-order chi connectivity index (χ1) is 9.15. The van der Waals surface area contributed by atoms with E-state index in [0.717, 1.165) is 49.7 Å². The molecule has 2 rings (SSSR count). The second-order valence-electron chi connectivity index (χ2n) is 5.97. The Labute approximate surface area is 116 Å². The number of nitrogens with zero attached hydrogens (tertiary/aromatic N) is 3. The highest BCUT2D eigenvalue weighted by molar-refractivity contribution is 5.37. The van der Waals surface area contributed by atoms with Crippen molar-refractivity contribution in [2.75, 3.05) is 31.1 Å². The zero-order chi connectivity index (χ0) is 13.7. The summed E-state index contributed by atoms with van der Waals surface area (Å²) in [6.45, 7) is 10.9. The van der Waals surface area contributed by atoms with E-state index in [1.165, 1.54) is 12.8 Å². The SMILES string of the molecule is Cc1nccc(N2CCCC(CNCC(C)C)C2)n1. The molecule has 1 aliphatic rings. The summed E-state index contributed by atoms with van der Waals surface area (Å²) in [5, 5.41) is 3.58. The second kappa shape index (κ2) is 6.85. The van der Waals surface area contributed by atoms with Crippen LogP contribution >= 0.6 is 0 Å². The highest BCUT2D eigenvalue weighted by Gasteiger charge is 2.20. The van der Waals surface area contributed by atoms with E-state index in [2.05, 4.69) is 34.0 Å². The molecule has 1 aliphatic heterocycles. The predicted octanol–water partition coefficient (Wildman–Crippen LogP) is 2.25. The first-order valence-corrected chi connectivity index (χ1v) is 7.40. The first kappa shape index (κ1) is 14.3. The fraction of sp³-hybridized carbons (Fsp3) is 0.733. The van der Waals surface area contributed by atoms with E-state index in [1.807, 2.05) is 19.2 Å². The molecule has 1 N–H and O–H groups in total. The van der Waals surface area contributed by atoms with E-state index in [9.17, 15) is 0 Å². The number of rotatable bonds is 5. The lowest BCUT2D eigenvalue weighted by atomic mass is 9.98. The molecule has 1 fully saturated rings. The number of aromatic nitrogens is 2. The van der Waals surface area contributed by atoms with Crippen LogP contribution in [-0.4, -0.2) is 36.1 Å². The van der Waals surface area contributed by atoms with Gasteiger partial charge in [0.05, 0.1) is 0 Å². The summed E-state index contributed by atoms with van der Waals surface area (Å²) >= 11 is 0. The number of nitrogens with one attached hydrogen (secondary N) is 1. The van der Waals surface area contributed by atoms with Gasteiger partial charge in [0.1, 0.15) is 11.6 Å². The predicted molar refractivity (Wildman–Crippen MR) is 79.4 cm³/mol. The van der Waals surface area contributed by atoms with Crippen LogP contribution in [0.2, 0.25) is 0 Å². The summed E-state index contributed by atoms with van der Waals surface area (Å²) in [5.74, 6) is 3.41. The van der Waals surface area contributed by atoms with E-state index < -0.39 is 0 Å². The van der Waals surface area contributed by atoms with Crippen molar-refractivity contribution in [1.29, 1.82) is 0 Å². The molecule has 0 aliphatic carbocycles. The molecule has 0 amide bonds. The maximum absolute atomic E-state index is 4.53. The monoisotopic (exact) mass is 262 g/mol. The van der Waals surface area contributed by atoms with Crippen LogP contribution in [0.5, 0.6) is 0 Å². The molecule has 0 radical (unpaired) electrons. The molecule has 2 heterocycles. The largest absolute Gasteiger partial charge is 0.356 e. The Hall–Kier alpha value is -1.16. The van der Waals surface area contributed by atoms with Gasteiger partial charge in [-0.25, -0.2) is 9.97 Å². The molecular formula is C15H26N4. The highest BCUT2D eigenvalue weighted by atomic mass is 15.2. The molecule has 1 atom stereocenters. The third-order valence-electron chi connectivity index (χ3n) is 3.59. The molecule has 0 aromatic carbocycles. The lowest BCUT2D eigenvalue weighted by Crippen LogP contribution is -2.40. The van der Waals surface area contributed by atoms with Crippen LogP contribution in [-0.2, 0) is 0 Å². The minimum Gasteiger partial charge on any atom is -0.356 e. The summed E-state index contributed by atoms with van der Waals surface area (Å²) in [4.78, 5) is 11.1. The van der Waals surface area contributed by atoms with E-state index in [0.29, 0.717) is 0 Å². The topological polar surface area (TPSA) is 41.1 Å². The van der Waals surface area contributed by atoms with Crippen LogP contribution in [0.4, 0.5) is 5.82 Å². The van der Waals surface area contributed by atoms with Crippen molar-refractivity contribution in [3.8, 4) is 0 Å². The van der Waals surface area contributed by atoms with Crippen molar-refractivity contribution in [3.05, 3.63) is 18.1 Å². The van der Waals surface area contributed by atoms with Crippen molar-refractivity contribution in [2.24, 2.45) is 11.8 Å². The average Bonchev–Trinajstić information content (AvgIpc) is 2.39. The van der Waals surface area contributed by atoms with Gasteiger partial charge in [0.15, 0.2) is 0 Å². The Bertz CT molecular complexity index is 391. The zero-order valence-corrected chi connectivity index (χ0v) is 12.4. The van der Waals surface area contributed by atoms with Gasteiger partial charge >= 0.3 is 0 Å². The average molecular weight is 262 g/mol. The molecular weight excluding hydrogens is 236 g/mol. The normalized spacial score (nSPS) is 20.0. The van der Waals surface area contributed by atoms with Gasteiger partial charge in [-0.3, -0.25) is 0 Å². The van der Waals surface area contributed by atoms with Crippen LogP contribution in [0.15, 0.2) is 12.3 Å². The number of hydrogen-bond acceptors (Lipinski definition) is 4. The van der Waals surface area contributed by atoms with E-state index in [1.54, 1.807) is 0 Å². The molecule has 1 aromatic rings. The third kappa shape index (κ3) is 4.46. The molecule has 19 heavy (non-hydrogen) atoms. The molecule has 4 heteroatoms. The van der Waals surface area contributed by atoms with E-state index >= 15 is 0 Å². The van der Waals surface area contributed by atoms with Crippen molar-refractivity contribution >= 4 is 5.82 Å². The van der Waals surface area contributed by atoms with Crippen molar-refractivity contribution in [2.45, 2.75) is 33.6 Å². The minimum atomic E-state index is 0.726. The van der Waals surface area contributed by atoms with Crippen LogP contribution in [0.3, 0.4) is 0 Å². The summed E-state index contributed by atoms with van der Waals surface area (Å²) in [6, 6.07) is 2.02. The fourth-order valence-corrected chi connectivity index (χ4v) is 2.64. The Balaban J connectivity index is 1.86. The number of piperidine rings is 1. The van der Waals surface area contributed by atoms with Gasteiger partial charge in [0, 0.05) is 19.3 Å². The molecule has 0 bridgehead atoms. The maximum atomic E-state index is 4.53. The van der Waals surface area contributed by atoms with Crippen molar-refractivity contribution in [1.82, 2.24) is 15.3 Å². The van der Waals surface area contributed by atoms with Gasteiger partial charge in [0.2, 0.25) is 0 Å². The van der Waals surface area contributed by atoms with Crippen LogP contribution in [0.25, 0.3) is 0 Å². The summed E-state index contributed by atoms with van der Waals surface area (Å²) in [6.07, 6.45) is 4.45. The Morgan fingerprint density at radius 2 is 2.32 bits per heavy atom. The van der Waals surface area contributed by atoms with Crippen LogP contribution < -0.4 is 10.2 Å². The first-order valence-electron chi connectivity index (χ1n) is 7.40. The number of hydrogen-bond donors (Lipinski definition) is 1. The molecule has 1 saturated heterocycles. The van der Waals surface area contributed by atoms with Gasteiger partial charge < -0.3 is 10.2 Å². The summed E-state index contributed by atoms with van der Waals surface area (Å²) in [7, 11) is 0. The van der Waals surface area contributed by atoms with E-state index in [-0.39, 0.29) is 0 Å². The lowest BCUT2D eigenvalue weighted by Gasteiger charge is -2.33. The quantitative estimate of drug-likeness (QED) is 0.883. The zero-order valence-electron chi connectivity index (χ0n) is 12.4. The van der Waals surface area contributed by atoms with Crippen LogP contribution in [0, 0.1) is 18.8 Å². The maximum Gasteiger partial charge on any atom is 0.132 e. The molecule has 1 aromatic heterocycles. The smallest absolute Gasteiger partial charge is 0.132 e. The summed E-state index contributed by atoms with van der Waals surface area (Å²) < 4.78 is 0. The lowest BCUT2D eigenvalue weighted by molar-refractivity contribution is 0.381. The van der Waals surface area contributed by atoms with Crippen LogP contribution in [0.1, 0.15) is 32.5 Å². The van der Waals surface area contributed by atoms with Gasteiger partial charge in [0.25, 0.3) is 0 Å². The Kier molecular flexibility index (Phi) is 5.14.